The van der Waals surface area contributed by atoms with Crippen molar-refractivity contribution in [3.05, 3.63) is 70.6 Å². The van der Waals surface area contributed by atoms with E-state index in [-0.39, 0.29) is 16.4 Å². The molecule has 0 spiro atoms. The van der Waals surface area contributed by atoms with Crippen LogP contribution in [0.5, 0.6) is 0 Å². The molecule has 1 N–H and O–H groups in total. The molecular weight excluding hydrogens is 333 g/mol. The van der Waals surface area contributed by atoms with Crippen LogP contribution in [0.3, 0.4) is 0 Å². The van der Waals surface area contributed by atoms with Gasteiger partial charge in [-0.25, -0.2) is 9.18 Å². The number of rotatable bonds is 4. The fraction of sp³-hybridized carbons (Fsp3) is 0.111. The Bertz CT molecular complexity index is 935. The van der Waals surface area contributed by atoms with Crippen molar-refractivity contribution in [1.29, 1.82) is 0 Å². The number of ketones is 1. The van der Waals surface area contributed by atoms with Crippen LogP contribution in [0.1, 0.15) is 27.6 Å². The Balaban J connectivity index is 1.80. The van der Waals surface area contributed by atoms with Crippen LogP contribution in [-0.2, 0) is 4.74 Å². The first-order valence-electron chi connectivity index (χ1n) is 7.23. The molecule has 1 aromatic heterocycles. The number of ether oxygens (including phenoxy) is 1. The number of carbonyl (C=O) groups excluding carboxylic acids is 2. The molecule has 3 rings (SSSR count). The van der Waals surface area contributed by atoms with E-state index in [4.69, 9.17) is 16.3 Å². The smallest absolute Gasteiger partial charge is 0.340 e. The minimum atomic E-state index is -1.00. The second kappa shape index (κ2) is 6.45. The van der Waals surface area contributed by atoms with E-state index in [0.717, 1.165) is 23.0 Å². The van der Waals surface area contributed by atoms with Gasteiger partial charge in [0.05, 0.1) is 10.6 Å². The number of hydrogen-bond donors (Lipinski definition) is 1. The van der Waals surface area contributed by atoms with E-state index < -0.39 is 17.9 Å². The summed E-state index contributed by atoms with van der Waals surface area (Å²) in [6.07, 6.45) is 0.584. The zero-order valence-electron chi connectivity index (χ0n) is 12.7. The maximum Gasteiger partial charge on any atom is 0.340 e. The first-order valence-corrected chi connectivity index (χ1v) is 7.61. The van der Waals surface area contributed by atoms with Crippen LogP contribution < -0.4 is 0 Å². The lowest BCUT2D eigenvalue weighted by atomic mass is 10.1. The Hall–Kier alpha value is -2.66. The molecule has 1 heterocycles. The molecule has 2 aromatic carbocycles. The fourth-order valence-corrected chi connectivity index (χ4v) is 2.67. The molecule has 0 aliphatic heterocycles. The zero-order valence-corrected chi connectivity index (χ0v) is 13.4. The molecule has 0 aliphatic carbocycles. The van der Waals surface area contributed by atoms with Crippen LogP contribution in [0.25, 0.3) is 10.9 Å². The lowest BCUT2D eigenvalue weighted by Gasteiger charge is -2.12. The Morgan fingerprint density at radius 3 is 2.67 bits per heavy atom. The molecule has 1 unspecified atom stereocenters. The SMILES string of the molecule is CC(OC(=O)c1ccc(F)cc1Cl)C(=O)c1c[nH]c2ccccc12. The molecule has 0 saturated carbocycles. The zero-order chi connectivity index (χ0) is 17.3. The van der Waals surface area contributed by atoms with E-state index in [0.29, 0.717) is 5.56 Å². The molecule has 0 bridgehead atoms. The number of esters is 1. The maximum atomic E-state index is 13.0. The van der Waals surface area contributed by atoms with Crippen molar-refractivity contribution >= 4 is 34.3 Å². The molecule has 24 heavy (non-hydrogen) atoms. The normalized spacial score (nSPS) is 12.1. The number of carbonyl (C=O) groups is 2. The second-order valence-corrected chi connectivity index (χ2v) is 5.69. The van der Waals surface area contributed by atoms with Crippen LogP contribution in [0.2, 0.25) is 5.02 Å². The summed E-state index contributed by atoms with van der Waals surface area (Å²) in [6, 6.07) is 10.7. The number of hydrogen-bond acceptors (Lipinski definition) is 3. The fourth-order valence-electron chi connectivity index (χ4n) is 2.43. The molecule has 0 amide bonds. The number of halogens is 2. The van der Waals surface area contributed by atoms with Crippen molar-refractivity contribution in [3.8, 4) is 0 Å². The van der Waals surface area contributed by atoms with Gasteiger partial charge >= 0.3 is 5.97 Å². The van der Waals surface area contributed by atoms with E-state index in [9.17, 15) is 14.0 Å². The first kappa shape index (κ1) is 16.2. The molecule has 0 saturated heterocycles. The van der Waals surface area contributed by atoms with Crippen molar-refractivity contribution in [2.75, 3.05) is 0 Å². The first-order chi connectivity index (χ1) is 11.5. The van der Waals surface area contributed by atoms with Crippen molar-refractivity contribution in [2.45, 2.75) is 13.0 Å². The van der Waals surface area contributed by atoms with Gasteiger partial charge in [0.2, 0.25) is 5.78 Å². The topological polar surface area (TPSA) is 59.2 Å². The highest BCUT2D eigenvalue weighted by atomic mass is 35.5. The molecule has 122 valence electrons. The number of aromatic nitrogens is 1. The monoisotopic (exact) mass is 345 g/mol. The van der Waals surface area contributed by atoms with E-state index >= 15 is 0 Å². The minimum Gasteiger partial charge on any atom is -0.451 e. The van der Waals surface area contributed by atoms with Gasteiger partial charge in [0.15, 0.2) is 6.10 Å². The number of fused-ring (bicyclic) bond motifs is 1. The molecular formula is C18H13ClFNO3. The van der Waals surface area contributed by atoms with Crippen molar-refractivity contribution in [2.24, 2.45) is 0 Å². The summed E-state index contributed by atoms with van der Waals surface area (Å²) in [6.45, 7) is 1.49. The molecule has 0 fully saturated rings. The lowest BCUT2D eigenvalue weighted by Crippen LogP contribution is -2.24. The van der Waals surface area contributed by atoms with E-state index in [1.54, 1.807) is 6.20 Å². The Kier molecular flexibility index (Phi) is 4.36. The van der Waals surface area contributed by atoms with Gasteiger partial charge in [-0.1, -0.05) is 29.8 Å². The summed E-state index contributed by atoms with van der Waals surface area (Å²) >= 11 is 5.83. The molecule has 1 atom stereocenters. The largest absolute Gasteiger partial charge is 0.451 e. The standard InChI is InChI=1S/C18H13ClFNO3/c1-10(24-18(23)13-7-6-11(20)8-15(13)19)17(22)14-9-21-16-5-3-2-4-12(14)16/h2-10,21H,1H3. The minimum absolute atomic E-state index is 0.0108. The summed E-state index contributed by atoms with van der Waals surface area (Å²) in [4.78, 5) is 27.7. The van der Waals surface area contributed by atoms with Crippen molar-refractivity contribution in [1.82, 2.24) is 4.98 Å². The third-order valence-corrected chi connectivity index (χ3v) is 3.97. The Morgan fingerprint density at radius 2 is 1.92 bits per heavy atom. The average Bonchev–Trinajstić information content (AvgIpc) is 2.97. The summed E-state index contributed by atoms with van der Waals surface area (Å²) < 4.78 is 18.2. The highest BCUT2D eigenvalue weighted by molar-refractivity contribution is 6.33. The number of aromatic amines is 1. The van der Waals surface area contributed by atoms with E-state index in [2.05, 4.69) is 4.98 Å². The molecule has 0 radical (unpaired) electrons. The quantitative estimate of drug-likeness (QED) is 0.563. The molecule has 3 aromatic rings. The van der Waals surface area contributed by atoms with Gasteiger partial charge in [0.25, 0.3) is 0 Å². The predicted octanol–water partition coefficient (Wildman–Crippen LogP) is 4.39. The number of benzene rings is 2. The molecule has 0 aliphatic rings. The van der Waals surface area contributed by atoms with Gasteiger partial charge in [-0.05, 0) is 31.2 Å². The third kappa shape index (κ3) is 3.03. The van der Waals surface area contributed by atoms with Gasteiger partial charge in [0, 0.05) is 22.7 Å². The third-order valence-electron chi connectivity index (χ3n) is 3.66. The van der Waals surface area contributed by atoms with Crippen LogP contribution in [0.4, 0.5) is 4.39 Å². The Labute approximate surface area is 142 Å². The Morgan fingerprint density at radius 1 is 1.17 bits per heavy atom. The highest BCUT2D eigenvalue weighted by Crippen LogP contribution is 2.22. The van der Waals surface area contributed by atoms with Crippen LogP contribution in [0.15, 0.2) is 48.7 Å². The summed E-state index contributed by atoms with van der Waals surface area (Å²) in [7, 11) is 0. The highest BCUT2D eigenvalue weighted by Gasteiger charge is 2.23. The predicted molar refractivity (Wildman–Crippen MR) is 88.9 cm³/mol. The number of para-hydroxylation sites is 1. The summed E-state index contributed by atoms with van der Waals surface area (Å²) in [5.74, 6) is -1.67. The average molecular weight is 346 g/mol. The van der Waals surface area contributed by atoms with Gasteiger partial charge in [-0.15, -0.1) is 0 Å². The van der Waals surface area contributed by atoms with E-state index in [1.807, 2.05) is 24.3 Å². The van der Waals surface area contributed by atoms with Gasteiger partial charge < -0.3 is 9.72 Å². The number of nitrogens with one attached hydrogen (secondary N) is 1. The van der Waals surface area contributed by atoms with Gasteiger partial charge in [-0.2, -0.15) is 0 Å². The molecule has 6 heteroatoms. The van der Waals surface area contributed by atoms with Crippen LogP contribution in [-0.4, -0.2) is 22.8 Å². The maximum absolute atomic E-state index is 13.0. The second-order valence-electron chi connectivity index (χ2n) is 5.28. The number of H-pyrrole nitrogens is 1. The summed E-state index contributed by atoms with van der Waals surface area (Å²) in [5.41, 5.74) is 1.27. The van der Waals surface area contributed by atoms with Crippen LogP contribution >= 0.6 is 11.6 Å². The lowest BCUT2D eigenvalue weighted by molar-refractivity contribution is 0.0319. The van der Waals surface area contributed by atoms with Crippen LogP contribution in [0, 0.1) is 5.82 Å². The number of Topliss-reactive ketones (excluding diaryl/α,β-unsaturated/α-hetero) is 1. The van der Waals surface area contributed by atoms with Gasteiger partial charge in [0.1, 0.15) is 5.82 Å². The van der Waals surface area contributed by atoms with Crippen molar-refractivity contribution in [3.63, 3.8) is 0 Å². The van der Waals surface area contributed by atoms with E-state index in [1.165, 1.54) is 13.0 Å². The van der Waals surface area contributed by atoms with Gasteiger partial charge in [-0.3, -0.25) is 4.79 Å². The molecule has 4 nitrogen and oxygen atoms in total. The summed E-state index contributed by atoms with van der Waals surface area (Å²) in [5, 5.41) is 0.692. The van der Waals surface area contributed by atoms with Crippen molar-refractivity contribution < 1.29 is 18.7 Å².